The molecule has 3 nitrogen and oxygen atoms in total. The summed E-state index contributed by atoms with van der Waals surface area (Å²) in [7, 11) is 0. The molecule has 0 atom stereocenters. The van der Waals surface area contributed by atoms with Gasteiger partial charge in [-0.05, 0) is 12.1 Å². The number of hydrogen-bond donors (Lipinski definition) is 2. The van der Waals surface area contributed by atoms with Crippen LogP contribution in [0.3, 0.4) is 0 Å². The van der Waals surface area contributed by atoms with Crippen LogP contribution in [-0.2, 0) is 0 Å². The first-order chi connectivity index (χ1) is 5.34. The molecule has 3 heteroatoms. The normalized spacial score (nSPS) is 9.64. The van der Waals surface area contributed by atoms with Crippen LogP contribution in [0, 0.1) is 0 Å². The molecule has 0 aromatic heterocycles. The fourth-order valence-electron chi connectivity index (χ4n) is 0.850. The van der Waals surface area contributed by atoms with Crippen molar-refractivity contribution in [1.29, 1.82) is 0 Å². The van der Waals surface area contributed by atoms with Crippen molar-refractivity contribution < 1.29 is 0 Å². The molecule has 0 bridgehead atoms. The van der Waals surface area contributed by atoms with Gasteiger partial charge in [0.15, 0.2) is 0 Å². The van der Waals surface area contributed by atoms with E-state index in [0.717, 1.165) is 12.2 Å². The predicted molar refractivity (Wildman–Crippen MR) is 46.8 cm³/mol. The quantitative estimate of drug-likeness (QED) is 0.498. The summed E-state index contributed by atoms with van der Waals surface area (Å²) in [4.78, 5) is 0. The van der Waals surface area contributed by atoms with Gasteiger partial charge < -0.3 is 0 Å². The Labute approximate surface area is 66.8 Å². The van der Waals surface area contributed by atoms with Crippen LogP contribution in [0.5, 0.6) is 0 Å². The number of nitrogens with two attached hydrogens (primary N) is 1. The Balaban J connectivity index is 2.61. The van der Waals surface area contributed by atoms with Gasteiger partial charge >= 0.3 is 0 Å². The van der Waals surface area contributed by atoms with E-state index in [2.05, 4.69) is 5.43 Å². The number of para-hydroxylation sites is 1. The lowest BCUT2D eigenvalue weighted by Crippen LogP contribution is -2.43. The Morgan fingerprint density at radius 1 is 1.36 bits per heavy atom. The van der Waals surface area contributed by atoms with Crippen LogP contribution in [0.25, 0.3) is 0 Å². The van der Waals surface area contributed by atoms with Crippen molar-refractivity contribution in [3.63, 3.8) is 0 Å². The van der Waals surface area contributed by atoms with Gasteiger partial charge in [-0.2, -0.15) is 0 Å². The molecule has 0 radical (unpaired) electrons. The lowest BCUT2D eigenvalue weighted by atomic mass is 10.3. The second kappa shape index (κ2) is 3.95. The van der Waals surface area contributed by atoms with Crippen LogP contribution in [0.15, 0.2) is 30.3 Å². The van der Waals surface area contributed by atoms with Crippen LogP contribution in [-0.4, -0.2) is 6.54 Å². The molecular formula is C8H13N3. The third kappa shape index (κ3) is 2.22. The van der Waals surface area contributed by atoms with Crippen molar-refractivity contribution in [3.05, 3.63) is 30.3 Å². The summed E-state index contributed by atoms with van der Waals surface area (Å²) < 4.78 is 0. The average molecular weight is 151 g/mol. The first-order valence-corrected chi connectivity index (χ1v) is 3.68. The SMILES string of the molecule is CCNN(N)c1ccccc1. The lowest BCUT2D eigenvalue weighted by Gasteiger charge is -2.17. The fourth-order valence-corrected chi connectivity index (χ4v) is 0.850. The monoisotopic (exact) mass is 151 g/mol. The highest BCUT2D eigenvalue weighted by Gasteiger charge is 1.94. The molecule has 1 rings (SSSR count). The van der Waals surface area contributed by atoms with E-state index in [1.54, 1.807) is 0 Å². The van der Waals surface area contributed by atoms with Crippen molar-refractivity contribution >= 4 is 5.69 Å². The smallest absolute Gasteiger partial charge is 0.0699 e. The largest absolute Gasteiger partial charge is 0.244 e. The van der Waals surface area contributed by atoms with E-state index >= 15 is 0 Å². The third-order valence-electron chi connectivity index (χ3n) is 1.36. The number of rotatable bonds is 3. The molecule has 60 valence electrons. The molecule has 0 amide bonds. The number of nitrogens with one attached hydrogen (secondary N) is 1. The molecule has 0 saturated carbocycles. The summed E-state index contributed by atoms with van der Waals surface area (Å²) in [5.74, 6) is 5.63. The molecule has 11 heavy (non-hydrogen) atoms. The summed E-state index contributed by atoms with van der Waals surface area (Å²) in [6, 6.07) is 9.76. The van der Waals surface area contributed by atoms with Crippen molar-refractivity contribution in [2.45, 2.75) is 6.92 Å². The van der Waals surface area contributed by atoms with Crippen molar-refractivity contribution in [2.24, 2.45) is 5.84 Å². The van der Waals surface area contributed by atoms with Gasteiger partial charge in [0.1, 0.15) is 0 Å². The summed E-state index contributed by atoms with van der Waals surface area (Å²) in [6.45, 7) is 2.83. The zero-order chi connectivity index (χ0) is 8.10. The van der Waals surface area contributed by atoms with Crippen LogP contribution in [0.4, 0.5) is 5.69 Å². The number of benzene rings is 1. The minimum absolute atomic E-state index is 0.825. The molecular weight excluding hydrogens is 138 g/mol. The molecule has 0 heterocycles. The molecule has 0 aliphatic carbocycles. The van der Waals surface area contributed by atoms with E-state index in [4.69, 9.17) is 5.84 Å². The van der Waals surface area contributed by atoms with Gasteiger partial charge in [-0.1, -0.05) is 25.1 Å². The van der Waals surface area contributed by atoms with Crippen LogP contribution < -0.4 is 16.4 Å². The lowest BCUT2D eigenvalue weighted by molar-refractivity contribution is 0.670. The highest BCUT2D eigenvalue weighted by molar-refractivity contribution is 5.42. The van der Waals surface area contributed by atoms with E-state index in [1.807, 2.05) is 37.3 Å². The van der Waals surface area contributed by atoms with Crippen molar-refractivity contribution in [2.75, 3.05) is 11.7 Å². The van der Waals surface area contributed by atoms with Crippen LogP contribution >= 0.6 is 0 Å². The third-order valence-corrected chi connectivity index (χ3v) is 1.36. The molecule has 0 aliphatic heterocycles. The molecule has 1 aromatic carbocycles. The summed E-state index contributed by atoms with van der Waals surface area (Å²) in [5, 5.41) is 1.51. The van der Waals surface area contributed by atoms with Crippen LogP contribution in [0.1, 0.15) is 6.92 Å². The van der Waals surface area contributed by atoms with Gasteiger partial charge in [0.25, 0.3) is 0 Å². The zero-order valence-electron chi connectivity index (χ0n) is 6.62. The Kier molecular flexibility index (Phi) is 2.89. The van der Waals surface area contributed by atoms with Gasteiger partial charge in [0.05, 0.1) is 5.69 Å². The average Bonchev–Trinajstić information content (AvgIpc) is 2.07. The van der Waals surface area contributed by atoms with Crippen molar-refractivity contribution in [3.8, 4) is 0 Å². The number of hydrazine groups is 2. The van der Waals surface area contributed by atoms with Crippen molar-refractivity contribution in [1.82, 2.24) is 5.43 Å². The van der Waals surface area contributed by atoms with E-state index in [-0.39, 0.29) is 0 Å². The van der Waals surface area contributed by atoms with Gasteiger partial charge in [-0.3, -0.25) is 0 Å². The number of nitrogens with zero attached hydrogens (tertiary/aromatic N) is 1. The molecule has 0 aliphatic rings. The summed E-state index contributed by atoms with van der Waals surface area (Å²) in [5.41, 5.74) is 3.94. The molecule has 3 N–H and O–H groups in total. The Morgan fingerprint density at radius 2 is 2.00 bits per heavy atom. The summed E-state index contributed by atoms with van der Waals surface area (Å²) in [6.07, 6.45) is 0. The van der Waals surface area contributed by atoms with E-state index in [1.165, 1.54) is 5.12 Å². The first kappa shape index (κ1) is 8.04. The second-order valence-electron chi connectivity index (χ2n) is 2.22. The Morgan fingerprint density at radius 3 is 2.55 bits per heavy atom. The fraction of sp³-hybridized carbons (Fsp3) is 0.250. The number of hydrogen-bond acceptors (Lipinski definition) is 3. The van der Waals surface area contributed by atoms with Crippen LogP contribution in [0.2, 0.25) is 0 Å². The highest BCUT2D eigenvalue weighted by Crippen LogP contribution is 2.05. The molecule has 0 fully saturated rings. The molecule has 0 unspecified atom stereocenters. The first-order valence-electron chi connectivity index (χ1n) is 3.68. The second-order valence-corrected chi connectivity index (χ2v) is 2.22. The zero-order valence-corrected chi connectivity index (χ0v) is 6.62. The minimum Gasteiger partial charge on any atom is -0.244 e. The minimum atomic E-state index is 0.825. The Hall–Kier alpha value is -1.06. The highest BCUT2D eigenvalue weighted by atomic mass is 15.7. The maximum Gasteiger partial charge on any atom is 0.0699 e. The standard InChI is InChI=1S/C8H13N3/c1-2-10-11(9)8-6-4-3-5-7-8/h3-7,10H,2,9H2,1H3. The maximum absolute atomic E-state index is 5.63. The number of anilines is 1. The van der Waals surface area contributed by atoms with E-state index in [9.17, 15) is 0 Å². The topological polar surface area (TPSA) is 41.3 Å². The molecule has 0 spiro atoms. The van der Waals surface area contributed by atoms with E-state index in [0.29, 0.717) is 0 Å². The summed E-state index contributed by atoms with van der Waals surface area (Å²) >= 11 is 0. The van der Waals surface area contributed by atoms with E-state index < -0.39 is 0 Å². The predicted octanol–water partition coefficient (Wildman–Crippen LogP) is 0.891. The molecule has 0 saturated heterocycles. The van der Waals surface area contributed by atoms with Gasteiger partial charge in [-0.25, -0.2) is 16.4 Å². The maximum atomic E-state index is 5.63. The van der Waals surface area contributed by atoms with Gasteiger partial charge in [-0.15, -0.1) is 0 Å². The molecule has 1 aromatic rings. The Bertz CT molecular complexity index is 198. The van der Waals surface area contributed by atoms with Gasteiger partial charge in [0, 0.05) is 6.54 Å². The van der Waals surface area contributed by atoms with Gasteiger partial charge in [0.2, 0.25) is 0 Å².